The summed E-state index contributed by atoms with van der Waals surface area (Å²) >= 11 is 0. The number of quaternary nitrogens is 2. The van der Waals surface area contributed by atoms with E-state index in [0.717, 1.165) is 32.6 Å². The minimum absolute atomic E-state index is 0.0632. The number of amides is 2. The summed E-state index contributed by atoms with van der Waals surface area (Å²) in [6, 6.07) is 6.18. The molecule has 0 saturated carbocycles. The minimum atomic E-state index is -0.424. The van der Waals surface area contributed by atoms with E-state index in [1.165, 1.54) is 15.9 Å². The van der Waals surface area contributed by atoms with Crippen LogP contribution in [0, 0.1) is 5.82 Å². The van der Waals surface area contributed by atoms with Crippen LogP contribution >= 0.6 is 0 Å². The van der Waals surface area contributed by atoms with Crippen LogP contribution in [0.15, 0.2) is 24.3 Å². The van der Waals surface area contributed by atoms with Crippen LogP contribution in [0.5, 0.6) is 0 Å². The molecule has 1 saturated heterocycles. The van der Waals surface area contributed by atoms with Crippen LogP contribution in [0.1, 0.15) is 27.2 Å². The first-order valence-corrected chi connectivity index (χ1v) is 9.25. The molecule has 0 spiro atoms. The van der Waals surface area contributed by atoms with Gasteiger partial charge in [-0.2, -0.15) is 0 Å². The first-order valence-electron chi connectivity index (χ1n) is 9.25. The molecule has 1 aliphatic rings. The molecule has 1 aromatic rings. The van der Waals surface area contributed by atoms with Crippen LogP contribution in [0.2, 0.25) is 0 Å². The Kier molecular flexibility index (Phi) is 7.11. The predicted molar refractivity (Wildman–Crippen MR) is 98.7 cm³/mol. The third kappa shape index (κ3) is 7.09. The zero-order valence-electron chi connectivity index (χ0n) is 16.0. The van der Waals surface area contributed by atoms with E-state index in [0.29, 0.717) is 13.1 Å². The first kappa shape index (κ1) is 20.3. The van der Waals surface area contributed by atoms with E-state index >= 15 is 0 Å². The van der Waals surface area contributed by atoms with Crippen LogP contribution in [0.4, 0.5) is 10.1 Å². The predicted octanol–water partition coefficient (Wildman–Crippen LogP) is -1.15. The van der Waals surface area contributed by atoms with E-state index in [4.69, 9.17) is 0 Å². The van der Waals surface area contributed by atoms with Gasteiger partial charge in [0.05, 0.1) is 18.8 Å². The zero-order chi connectivity index (χ0) is 19.2. The van der Waals surface area contributed by atoms with Crippen molar-refractivity contribution >= 4 is 17.5 Å². The highest BCUT2D eigenvalue weighted by atomic mass is 19.1. The van der Waals surface area contributed by atoms with Crippen molar-refractivity contribution in [1.29, 1.82) is 0 Å². The van der Waals surface area contributed by atoms with Crippen LogP contribution in [-0.2, 0) is 9.59 Å². The lowest BCUT2D eigenvalue weighted by molar-refractivity contribution is -0.930. The fourth-order valence-electron chi connectivity index (χ4n) is 3.22. The number of carbonyl (C=O) groups is 2. The maximum atomic E-state index is 13.6. The molecule has 1 aromatic carbocycles. The molecule has 0 bridgehead atoms. The van der Waals surface area contributed by atoms with Crippen LogP contribution in [0.3, 0.4) is 0 Å². The highest BCUT2D eigenvalue weighted by Gasteiger charge is 2.25. The highest BCUT2D eigenvalue weighted by molar-refractivity contribution is 5.91. The number of para-hydroxylation sites is 1. The van der Waals surface area contributed by atoms with E-state index in [1.54, 1.807) is 18.2 Å². The number of hydrogen-bond acceptors (Lipinski definition) is 2. The molecule has 6 nitrogen and oxygen atoms in total. The summed E-state index contributed by atoms with van der Waals surface area (Å²) in [6.07, 6.45) is 0.959. The maximum absolute atomic E-state index is 13.6. The second-order valence-corrected chi connectivity index (χ2v) is 8.03. The van der Waals surface area contributed by atoms with E-state index in [2.05, 4.69) is 10.6 Å². The van der Waals surface area contributed by atoms with Crippen molar-refractivity contribution in [2.24, 2.45) is 0 Å². The number of hydrogen-bond donors (Lipinski definition) is 4. The number of rotatable bonds is 5. The molecular formula is C19H31FN4O2+2. The van der Waals surface area contributed by atoms with Crippen molar-refractivity contribution in [3.05, 3.63) is 30.1 Å². The summed E-state index contributed by atoms with van der Waals surface area (Å²) < 4.78 is 13.6. The SMILES string of the molecule is CC(C)(C)NC(=O)C[NH+]1CCC[NH+](CC(=O)Nc2ccccc2F)CC1. The third-order valence-corrected chi connectivity index (χ3v) is 4.38. The molecule has 2 amide bonds. The largest absolute Gasteiger partial charge is 0.347 e. The molecule has 7 heteroatoms. The summed E-state index contributed by atoms with van der Waals surface area (Å²) in [7, 11) is 0. The average Bonchev–Trinajstić information content (AvgIpc) is 2.73. The van der Waals surface area contributed by atoms with Crippen molar-refractivity contribution in [3.8, 4) is 0 Å². The molecular weight excluding hydrogens is 335 g/mol. The molecule has 1 aliphatic heterocycles. The Balaban J connectivity index is 1.78. The number of carbonyl (C=O) groups excluding carboxylic acids is 2. The Morgan fingerprint density at radius 2 is 1.58 bits per heavy atom. The summed E-state index contributed by atoms with van der Waals surface area (Å²) in [5.74, 6) is -0.542. The van der Waals surface area contributed by atoms with Crippen LogP contribution in [-0.4, -0.2) is 56.6 Å². The molecule has 4 N–H and O–H groups in total. The van der Waals surface area contributed by atoms with Gasteiger partial charge in [0.25, 0.3) is 11.8 Å². The first-order chi connectivity index (χ1) is 12.2. The van der Waals surface area contributed by atoms with Gasteiger partial charge in [-0.25, -0.2) is 4.39 Å². The van der Waals surface area contributed by atoms with Crippen LogP contribution in [0.25, 0.3) is 0 Å². The standard InChI is InChI=1S/C19H29FN4O2/c1-19(2,3)22-18(26)14-24-10-6-9-23(11-12-24)13-17(25)21-16-8-5-4-7-15(16)20/h4-5,7-8H,6,9-14H2,1-3H3,(H,21,25)(H,22,26)/p+2. The second-order valence-electron chi connectivity index (χ2n) is 8.03. The number of anilines is 1. The van der Waals surface area contributed by atoms with Crippen LogP contribution < -0.4 is 20.4 Å². The van der Waals surface area contributed by atoms with Crippen molar-refractivity contribution in [1.82, 2.24) is 5.32 Å². The third-order valence-electron chi connectivity index (χ3n) is 4.38. The van der Waals surface area contributed by atoms with Crippen molar-refractivity contribution in [2.75, 3.05) is 44.6 Å². The quantitative estimate of drug-likeness (QED) is 0.532. The fraction of sp³-hybridized carbons (Fsp3) is 0.579. The fourth-order valence-corrected chi connectivity index (χ4v) is 3.22. The van der Waals surface area contributed by atoms with Gasteiger partial charge in [-0.3, -0.25) is 9.59 Å². The Hall–Kier alpha value is -1.99. The number of nitrogens with one attached hydrogen (secondary N) is 4. The van der Waals surface area contributed by atoms with Crippen molar-refractivity contribution in [3.63, 3.8) is 0 Å². The monoisotopic (exact) mass is 366 g/mol. The molecule has 2 unspecified atom stereocenters. The molecule has 2 atom stereocenters. The lowest BCUT2D eigenvalue weighted by atomic mass is 10.1. The van der Waals surface area contributed by atoms with Crippen molar-refractivity contribution in [2.45, 2.75) is 32.7 Å². The Morgan fingerprint density at radius 1 is 1.00 bits per heavy atom. The van der Waals surface area contributed by atoms with Gasteiger partial charge in [-0.05, 0) is 32.9 Å². The molecule has 144 valence electrons. The van der Waals surface area contributed by atoms with Gasteiger partial charge < -0.3 is 20.4 Å². The number of halogens is 1. The number of benzene rings is 1. The summed E-state index contributed by atoms with van der Waals surface area (Å²) in [5.41, 5.74) is 0.00241. The smallest absolute Gasteiger partial charge is 0.279 e. The normalized spacial score (nSPS) is 20.9. The summed E-state index contributed by atoms with van der Waals surface area (Å²) in [4.78, 5) is 26.7. The second kappa shape index (κ2) is 9.09. The lowest BCUT2D eigenvalue weighted by Crippen LogP contribution is -3.18. The molecule has 26 heavy (non-hydrogen) atoms. The average molecular weight is 366 g/mol. The molecule has 1 heterocycles. The molecule has 1 fully saturated rings. The summed E-state index contributed by atoms with van der Waals surface area (Å²) in [6.45, 7) is 10.2. The Labute approximate surface area is 154 Å². The Bertz CT molecular complexity index is 630. The van der Waals surface area contributed by atoms with Gasteiger partial charge in [0, 0.05) is 12.0 Å². The molecule has 0 radical (unpaired) electrons. The van der Waals surface area contributed by atoms with Gasteiger partial charge in [0.15, 0.2) is 13.1 Å². The van der Waals surface area contributed by atoms with E-state index in [-0.39, 0.29) is 23.0 Å². The molecule has 2 rings (SSSR count). The topological polar surface area (TPSA) is 67.1 Å². The highest BCUT2D eigenvalue weighted by Crippen LogP contribution is 2.11. The van der Waals surface area contributed by atoms with E-state index in [1.807, 2.05) is 20.8 Å². The summed E-state index contributed by atoms with van der Waals surface area (Å²) in [5, 5.41) is 5.64. The maximum Gasteiger partial charge on any atom is 0.279 e. The Morgan fingerprint density at radius 3 is 2.15 bits per heavy atom. The van der Waals surface area contributed by atoms with E-state index < -0.39 is 5.82 Å². The van der Waals surface area contributed by atoms with Gasteiger partial charge in [0.1, 0.15) is 18.9 Å². The van der Waals surface area contributed by atoms with Crippen molar-refractivity contribution < 1.29 is 23.8 Å². The minimum Gasteiger partial charge on any atom is -0.347 e. The molecule has 0 aliphatic carbocycles. The van der Waals surface area contributed by atoms with E-state index in [9.17, 15) is 14.0 Å². The van der Waals surface area contributed by atoms with Gasteiger partial charge >= 0.3 is 0 Å². The van der Waals surface area contributed by atoms with Gasteiger partial charge in [-0.1, -0.05) is 12.1 Å². The van der Waals surface area contributed by atoms with Gasteiger partial charge in [0.2, 0.25) is 0 Å². The lowest BCUT2D eigenvalue weighted by Gasteiger charge is -2.22. The molecule has 0 aromatic heterocycles. The zero-order valence-corrected chi connectivity index (χ0v) is 16.0. The van der Waals surface area contributed by atoms with Gasteiger partial charge in [-0.15, -0.1) is 0 Å².